The molecule has 0 fully saturated rings. The maximum Gasteiger partial charge on any atom is 0.126 e. The van der Waals surface area contributed by atoms with Gasteiger partial charge in [-0.25, -0.2) is 4.98 Å². The molecule has 0 aliphatic rings. The molecule has 0 aliphatic heterocycles. The summed E-state index contributed by atoms with van der Waals surface area (Å²) in [6.07, 6.45) is -0.822. The van der Waals surface area contributed by atoms with Crippen LogP contribution >= 0.6 is 23.2 Å². The molecule has 2 aromatic rings. The third-order valence-corrected chi connectivity index (χ3v) is 3.28. The first-order valence-electron chi connectivity index (χ1n) is 5.39. The maximum absolute atomic E-state index is 9.24. The number of pyridine rings is 1. The number of benzene rings is 1. The summed E-state index contributed by atoms with van der Waals surface area (Å²) in [5.41, 5.74) is 0.604. The number of aliphatic hydroxyl groups is 2. The van der Waals surface area contributed by atoms with E-state index in [0.717, 1.165) is 5.39 Å². The minimum absolute atomic E-state index is 0.215. The molecule has 0 radical (unpaired) electrons. The first kappa shape index (κ1) is 13.4. The molecule has 0 unspecified atom stereocenters. The van der Waals surface area contributed by atoms with Crippen LogP contribution < -0.4 is 5.32 Å². The van der Waals surface area contributed by atoms with Crippen molar-refractivity contribution in [2.45, 2.75) is 6.10 Å². The minimum Gasteiger partial charge on any atom is -0.394 e. The van der Waals surface area contributed by atoms with Crippen LogP contribution in [0.3, 0.4) is 0 Å². The van der Waals surface area contributed by atoms with Crippen molar-refractivity contribution in [2.24, 2.45) is 0 Å². The van der Waals surface area contributed by atoms with Gasteiger partial charge >= 0.3 is 0 Å². The largest absolute Gasteiger partial charge is 0.394 e. The summed E-state index contributed by atoms with van der Waals surface area (Å²) in [5, 5.41) is 22.6. The fourth-order valence-electron chi connectivity index (χ4n) is 1.51. The number of hydrogen-bond acceptors (Lipinski definition) is 4. The number of aliphatic hydroxyl groups excluding tert-OH is 2. The Hall–Kier alpha value is -1.07. The molecule has 0 bridgehead atoms. The zero-order valence-corrected chi connectivity index (χ0v) is 10.9. The Labute approximate surface area is 114 Å². The van der Waals surface area contributed by atoms with Crippen molar-refractivity contribution in [1.29, 1.82) is 0 Å². The highest BCUT2D eigenvalue weighted by molar-refractivity contribution is 6.45. The SMILES string of the molecule is OC[C@H](O)CNc1ccc2ccc(Cl)c(Cl)c2n1. The van der Waals surface area contributed by atoms with Gasteiger partial charge in [-0.2, -0.15) is 0 Å². The van der Waals surface area contributed by atoms with E-state index < -0.39 is 6.10 Å². The van der Waals surface area contributed by atoms with E-state index in [2.05, 4.69) is 10.3 Å². The summed E-state index contributed by atoms with van der Waals surface area (Å²) >= 11 is 12.0. The van der Waals surface area contributed by atoms with Crippen molar-refractivity contribution in [3.8, 4) is 0 Å². The highest BCUT2D eigenvalue weighted by Crippen LogP contribution is 2.30. The summed E-state index contributed by atoms with van der Waals surface area (Å²) in [5.74, 6) is 0.569. The molecule has 1 aromatic carbocycles. The molecule has 3 N–H and O–H groups in total. The molecule has 1 heterocycles. The van der Waals surface area contributed by atoms with Crippen molar-refractivity contribution < 1.29 is 10.2 Å². The summed E-state index contributed by atoms with van der Waals surface area (Å²) in [6, 6.07) is 7.19. The average Bonchev–Trinajstić information content (AvgIpc) is 2.40. The zero-order valence-electron chi connectivity index (χ0n) is 9.40. The fourth-order valence-corrected chi connectivity index (χ4v) is 1.88. The topological polar surface area (TPSA) is 65.4 Å². The molecule has 4 nitrogen and oxygen atoms in total. The van der Waals surface area contributed by atoms with Crippen molar-refractivity contribution in [3.63, 3.8) is 0 Å². The standard InChI is InChI=1S/C12H12Cl2N2O2/c13-9-3-1-7-2-4-10(15-5-8(18)6-17)16-12(7)11(9)14/h1-4,8,17-18H,5-6H2,(H,15,16)/t8-/m1/s1. The second-order valence-corrected chi connectivity index (χ2v) is 4.63. The van der Waals surface area contributed by atoms with Crippen LogP contribution in [0.5, 0.6) is 0 Å². The summed E-state index contributed by atoms with van der Waals surface area (Å²) in [6.45, 7) is -0.0830. The van der Waals surface area contributed by atoms with Gasteiger partial charge in [0.15, 0.2) is 0 Å². The second kappa shape index (κ2) is 5.71. The molecule has 0 aliphatic carbocycles. The van der Waals surface area contributed by atoms with Gasteiger partial charge in [-0.05, 0) is 18.2 Å². The van der Waals surface area contributed by atoms with Gasteiger partial charge in [0.05, 0.1) is 28.3 Å². The lowest BCUT2D eigenvalue weighted by Crippen LogP contribution is -2.23. The highest BCUT2D eigenvalue weighted by atomic mass is 35.5. The van der Waals surface area contributed by atoms with Crippen molar-refractivity contribution in [3.05, 3.63) is 34.3 Å². The molecule has 0 spiro atoms. The molecule has 1 atom stereocenters. The highest BCUT2D eigenvalue weighted by Gasteiger charge is 2.07. The number of halogens is 2. The number of nitrogens with one attached hydrogen (secondary N) is 1. The van der Waals surface area contributed by atoms with E-state index in [0.29, 0.717) is 21.4 Å². The van der Waals surface area contributed by atoms with Crippen molar-refractivity contribution in [2.75, 3.05) is 18.5 Å². The van der Waals surface area contributed by atoms with Gasteiger partial charge in [0.2, 0.25) is 0 Å². The van der Waals surface area contributed by atoms with Crippen LogP contribution in [0.25, 0.3) is 10.9 Å². The first-order valence-corrected chi connectivity index (χ1v) is 6.15. The maximum atomic E-state index is 9.24. The Kier molecular flexibility index (Phi) is 4.24. The molecular formula is C12H12Cl2N2O2. The number of rotatable bonds is 4. The molecule has 0 saturated heterocycles. The second-order valence-electron chi connectivity index (χ2n) is 3.85. The third-order valence-electron chi connectivity index (χ3n) is 2.48. The molecular weight excluding hydrogens is 275 g/mol. The van der Waals surface area contributed by atoms with Gasteiger partial charge in [-0.15, -0.1) is 0 Å². The Bertz CT molecular complexity index is 563. The Morgan fingerprint density at radius 3 is 2.67 bits per heavy atom. The smallest absolute Gasteiger partial charge is 0.126 e. The molecule has 1 aromatic heterocycles. The molecule has 18 heavy (non-hydrogen) atoms. The number of fused-ring (bicyclic) bond motifs is 1. The quantitative estimate of drug-likeness (QED) is 0.807. The van der Waals surface area contributed by atoms with Crippen LogP contribution in [-0.2, 0) is 0 Å². The van der Waals surface area contributed by atoms with E-state index in [-0.39, 0.29) is 13.2 Å². The number of aromatic nitrogens is 1. The van der Waals surface area contributed by atoms with Crippen molar-refractivity contribution >= 4 is 39.9 Å². The van der Waals surface area contributed by atoms with E-state index in [1.807, 2.05) is 12.1 Å². The Morgan fingerprint density at radius 1 is 1.22 bits per heavy atom. The van der Waals surface area contributed by atoms with Gasteiger partial charge in [-0.3, -0.25) is 0 Å². The van der Waals surface area contributed by atoms with Gasteiger partial charge in [-0.1, -0.05) is 29.3 Å². The van der Waals surface area contributed by atoms with E-state index >= 15 is 0 Å². The van der Waals surface area contributed by atoms with E-state index in [4.69, 9.17) is 28.3 Å². The van der Waals surface area contributed by atoms with E-state index in [9.17, 15) is 5.11 Å². The minimum atomic E-state index is -0.822. The predicted molar refractivity (Wildman–Crippen MR) is 73.3 cm³/mol. The van der Waals surface area contributed by atoms with Crippen LogP contribution in [0.15, 0.2) is 24.3 Å². The first-order chi connectivity index (χ1) is 8.61. The van der Waals surface area contributed by atoms with Crippen LogP contribution in [0.4, 0.5) is 5.82 Å². The van der Waals surface area contributed by atoms with Crippen LogP contribution in [-0.4, -0.2) is 34.5 Å². The molecule has 0 amide bonds. The lowest BCUT2D eigenvalue weighted by Gasteiger charge is -2.10. The van der Waals surface area contributed by atoms with Crippen LogP contribution in [0.2, 0.25) is 10.0 Å². The lowest BCUT2D eigenvalue weighted by atomic mass is 10.2. The average molecular weight is 287 g/mol. The van der Waals surface area contributed by atoms with Crippen LogP contribution in [0.1, 0.15) is 0 Å². The Morgan fingerprint density at radius 2 is 1.94 bits per heavy atom. The molecule has 2 rings (SSSR count). The monoisotopic (exact) mass is 286 g/mol. The summed E-state index contributed by atoms with van der Waals surface area (Å²) in [7, 11) is 0. The molecule has 96 valence electrons. The van der Waals surface area contributed by atoms with E-state index in [1.54, 1.807) is 12.1 Å². The summed E-state index contributed by atoms with van der Waals surface area (Å²) in [4.78, 5) is 4.32. The van der Waals surface area contributed by atoms with Gasteiger partial charge in [0.1, 0.15) is 5.82 Å². The van der Waals surface area contributed by atoms with E-state index in [1.165, 1.54) is 0 Å². The van der Waals surface area contributed by atoms with Gasteiger partial charge in [0, 0.05) is 11.9 Å². The Balaban J connectivity index is 2.29. The van der Waals surface area contributed by atoms with Crippen molar-refractivity contribution in [1.82, 2.24) is 4.98 Å². The zero-order chi connectivity index (χ0) is 13.1. The van der Waals surface area contributed by atoms with Gasteiger partial charge in [0.25, 0.3) is 0 Å². The predicted octanol–water partition coefficient (Wildman–Crippen LogP) is 2.31. The fraction of sp³-hybridized carbons (Fsp3) is 0.250. The number of nitrogens with zero attached hydrogens (tertiary/aromatic N) is 1. The summed E-state index contributed by atoms with van der Waals surface area (Å²) < 4.78 is 0. The van der Waals surface area contributed by atoms with Gasteiger partial charge < -0.3 is 15.5 Å². The number of hydrogen-bond donors (Lipinski definition) is 3. The third kappa shape index (κ3) is 2.84. The number of anilines is 1. The van der Waals surface area contributed by atoms with Crippen LogP contribution in [0, 0.1) is 0 Å². The normalized spacial score (nSPS) is 12.7. The lowest BCUT2D eigenvalue weighted by molar-refractivity contribution is 0.105. The molecule has 6 heteroatoms. The molecule has 0 saturated carbocycles.